The van der Waals surface area contributed by atoms with E-state index in [0.29, 0.717) is 6.04 Å². The van der Waals surface area contributed by atoms with Crippen LogP contribution in [0.1, 0.15) is 24.8 Å². The second-order valence-corrected chi connectivity index (χ2v) is 4.11. The molecule has 0 saturated heterocycles. The Kier molecular flexibility index (Phi) is 3.31. The summed E-state index contributed by atoms with van der Waals surface area (Å²) in [6, 6.07) is 4.42. The van der Waals surface area contributed by atoms with Gasteiger partial charge in [0, 0.05) is 12.1 Å². The van der Waals surface area contributed by atoms with Crippen molar-refractivity contribution in [2.45, 2.75) is 31.7 Å². The van der Waals surface area contributed by atoms with Crippen LogP contribution < -0.4 is 5.32 Å². The predicted octanol–water partition coefficient (Wildman–Crippen LogP) is 2.65. The maximum Gasteiger partial charge on any atom is 0.126 e. The van der Waals surface area contributed by atoms with Crippen molar-refractivity contribution in [3.8, 4) is 0 Å². The minimum atomic E-state index is -0.486. The van der Waals surface area contributed by atoms with E-state index in [9.17, 15) is 8.78 Å². The molecule has 0 heterocycles. The largest absolute Gasteiger partial charge is 0.314 e. The minimum Gasteiger partial charge on any atom is -0.314 e. The van der Waals surface area contributed by atoms with Crippen molar-refractivity contribution in [3.05, 3.63) is 35.4 Å². The van der Waals surface area contributed by atoms with Crippen LogP contribution in [0.15, 0.2) is 18.2 Å². The molecule has 0 aliphatic heterocycles. The molecule has 1 aromatic carbocycles. The quantitative estimate of drug-likeness (QED) is 0.738. The molecule has 0 bridgehead atoms. The summed E-state index contributed by atoms with van der Waals surface area (Å²) in [6.07, 6.45) is 4.21. The van der Waals surface area contributed by atoms with E-state index in [1.807, 2.05) is 0 Å². The van der Waals surface area contributed by atoms with E-state index in [1.165, 1.54) is 25.0 Å². The van der Waals surface area contributed by atoms with Crippen LogP contribution >= 0.6 is 0 Å². The lowest BCUT2D eigenvalue weighted by molar-refractivity contribution is 0.576. The first-order valence-corrected chi connectivity index (χ1v) is 5.42. The molecule has 1 fully saturated rings. The van der Waals surface area contributed by atoms with Gasteiger partial charge in [-0.3, -0.25) is 0 Å². The summed E-state index contributed by atoms with van der Waals surface area (Å²) < 4.78 is 25.6. The molecule has 15 heavy (non-hydrogen) atoms. The predicted molar refractivity (Wildman–Crippen MR) is 55.7 cm³/mol. The standard InChI is InChI=1S/C12H15F2N/c13-10-6-9(7-11(14)8-10)2-1-5-15-12-3-4-12/h6-8,12,15H,1-5H2. The third kappa shape index (κ3) is 3.59. The first-order chi connectivity index (χ1) is 7.24. The zero-order chi connectivity index (χ0) is 10.7. The van der Waals surface area contributed by atoms with E-state index in [1.54, 1.807) is 0 Å². The highest BCUT2D eigenvalue weighted by Gasteiger charge is 2.19. The van der Waals surface area contributed by atoms with Crippen molar-refractivity contribution in [1.29, 1.82) is 0 Å². The summed E-state index contributed by atoms with van der Waals surface area (Å²) in [5, 5.41) is 3.37. The van der Waals surface area contributed by atoms with E-state index in [2.05, 4.69) is 5.32 Å². The van der Waals surface area contributed by atoms with Gasteiger partial charge in [0.25, 0.3) is 0 Å². The van der Waals surface area contributed by atoms with Crippen molar-refractivity contribution >= 4 is 0 Å². The zero-order valence-corrected chi connectivity index (χ0v) is 8.60. The number of rotatable bonds is 5. The fourth-order valence-electron chi connectivity index (χ4n) is 1.64. The average molecular weight is 211 g/mol. The molecule has 0 aromatic heterocycles. The molecule has 0 radical (unpaired) electrons. The van der Waals surface area contributed by atoms with Crippen molar-refractivity contribution in [1.82, 2.24) is 5.32 Å². The van der Waals surface area contributed by atoms with Gasteiger partial charge < -0.3 is 5.32 Å². The molecule has 1 aliphatic rings. The Labute approximate surface area is 88.5 Å². The van der Waals surface area contributed by atoms with Gasteiger partial charge in [0.1, 0.15) is 11.6 Å². The SMILES string of the molecule is Fc1cc(F)cc(CCCNC2CC2)c1. The number of hydrogen-bond donors (Lipinski definition) is 1. The van der Waals surface area contributed by atoms with Crippen molar-refractivity contribution in [2.24, 2.45) is 0 Å². The van der Waals surface area contributed by atoms with Crippen LogP contribution in [0.2, 0.25) is 0 Å². The second-order valence-electron chi connectivity index (χ2n) is 4.11. The molecule has 1 aromatic rings. The molecular formula is C12H15F2N. The van der Waals surface area contributed by atoms with Gasteiger partial charge in [0.05, 0.1) is 0 Å². The Morgan fingerprint density at radius 1 is 1.13 bits per heavy atom. The topological polar surface area (TPSA) is 12.0 Å². The molecule has 0 atom stereocenters. The molecule has 1 aliphatic carbocycles. The van der Waals surface area contributed by atoms with Gasteiger partial charge in [-0.2, -0.15) is 0 Å². The fraction of sp³-hybridized carbons (Fsp3) is 0.500. The third-order valence-corrected chi connectivity index (χ3v) is 2.57. The summed E-state index contributed by atoms with van der Waals surface area (Å²) in [7, 11) is 0. The van der Waals surface area contributed by atoms with Gasteiger partial charge in [-0.15, -0.1) is 0 Å². The molecule has 82 valence electrons. The summed E-state index contributed by atoms with van der Waals surface area (Å²) in [5.41, 5.74) is 0.741. The van der Waals surface area contributed by atoms with Crippen LogP contribution in [-0.2, 0) is 6.42 Å². The molecule has 1 N–H and O–H groups in total. The molecule has 0 unspecified atom stereocenters. The van der Waals surface area contributed by atoms with Crippen molar-refractivity contribution in [3.63, 3.8) is 0 Å². The first-order valence-electron chi connectivity index (χ1n) is 5.42. The molecule has 2 rings (SSSR count). The minimum absolute atomic E-state index is 0.486. The summed E-state index contributed by atoms with van der Waals surface area (Å²) >= 11 is 0. The third-order valence-electron chi connectivity index (χ3n) is 2.57. The summed E-state index contributed by atoms with van der Waals surface area (Å²) in [4.78, 5) is 0. The number of nitrogens with one attached hydrogen (secondary N) is 1. The highest BCUT2D eigenvalue weighted by Crippen LogP contribution is 2.18. The number of halogens is 2. The van der Waals surface area contributed by atoms with E-state index < -0.39 is 11.6 Å². The molecule has 0 amide bonds. The maximum atomic E-state index is 12.8. The lowest BCUT2D eigenvalue weighted by Crippen LogP contribution is -2.17. The van der Waals surface area contributed by atoms with E-state index in [4.69, 9.17) is 0 Å². The highest BCUT2D eigenvalue weighted by molar-refractivity contribution is 5.17. The van der Waals surface area contributed by atoms with Gasteiger partial charge >= 0.3 is 0 Å². The highest BCUT2D eigenvalue weighted by atomic mass is 19.1. The van der Waals surface area contributed by atoms with E-state index in [0.717, 1.165) is 31.0 Å². The Balaban J connectivity index is 1.76. The number of benzene rings is 1. The average Bonchev–Trinajstić information content (AvgIpc) is 2.94. The number of aryl methyl sites for hydroxylation is 1. The van der Waals surface area contributed by atoms with E-state index in [-0.39, 0.29) is 0 Å². The summed E-state index contributed by atoms with van der Waals surface area (Å²) in [5.74, 6) is -0.972. The Hall–Kier alpha value is -0.960. The first kappa shape index (κ1) is 10.6. The normalized spacial score (nSPS) is 15.6. The second kappa shape index (κ2) is 4.71. The van der Waals surface area contributed by atoms with Gasteiger partial charge in [0.2, 0.25) is 0 Å². The van der Waals surface area contributed by atoms with Crippen LogP contribution in [0.5, 0.6) is 0 Å². The Morgan fingerprint density at radius 3 is 2.40 bits per heavy atom. The number of hydrogen-bond acceptors (Lipinski definition) is 1. The molecule has 0 spiro atoms. The Bertz CT molecular complexity index is 314. The summed E-state index contributed by atoms with van der Waals surface area (Å²) in [6.45, 7) is 0.933. The van der Waals surface area contributed by atoms with Crippen LogP contribution in [0, 0.1) is 11.6 Å². The van der Waals surface area contributed by atoms with Crippen molar-refractivity contribution in [2.75, 3.05) is 6.54 Å². The van der Waals surface area contributed by atoms with Gasteiger partial charge in [0.15, 0.2) is 0 Å². The monoisotopic (exact) mass is 211 g/mol. The van der Waals surface area contributed by atoms with E-state index >= 15 is 0 Å². The van der Waals surface area contributed by atoms with Crippen LogP contribution in [0.4, 0.5) is 8.78 Å². The molecular weight excluding hydrogens is 196 g/mol. The molecule has 3 heteroatoms. The van der Waals surface area contributed by atoms with Gasteiger partial charge in [-0.25, -0.2) is 8.78 Å². The smallest absolute Gasteiger partial charge is 0.126 e. The van der Waals surface area contributed by atoms with Crippen LogP contribution in [-0.4, -0.2) is 12.6 Å². The fourth-order valence-corrected chi connectivity index (χ4v) is 1.64. The zero-order valence-electron chi connectivity index (χ0n) is 8.60. The Morgan fingerprint density at radius 2 is 1.80 bits per heavy atom. The lowest BCUT2D eigenvalue weighted by atomic mass is 10.1. The van der Waals surface area contributed by atoms with Gasteiger partial charge in [-0.1, -0.05) is 0 Å². The molecule has 1 saturated carbocycles. The maximum absolute atomic E-state index is 12.8. The van der Waals surface area contributed by atoms with Crippen LogP contribution in [0.3, 0.4) is 0 Å². The van der Waals surface area contributed by atoms with Gasteiger partial charge in [-0.05, 0) is 49.9 Å². The van der Waals surface area contributed by atoms with Crippen LogP contribution in [0.25, 0.3) is 0 Å². The molecule has 1 nitrogen and oxygen atoms in total. The van der Waals surface area contributed by atoms with Crippen molar-refractivity contribution < 1.29 is 8.78 Å². The lowest BCUT2D eigenvalue weighted by Gasteiger charge is -2.03.